The van der Waals surface area contributed by atoms with E-state index in [-0.39, 0.29) is 0 Å². The van der Waals surface area contributed by atoms with Gasteiger partial charge in [0.25, 0.3) is 0 Å². The molecule has 0 saturated carbocycles. The largest absolute Gasteiger partial charge is 0.206 e. The fourth-order valence-corrected chi connectivity index (χ4v) is 5.72. The first-order chi connectivity index (χ1) is 20.4. The number of halogens is 4. The van der Waals surface area contributed by atoms with Gasteiger partial charge in [0.1, 0.15) is 0 Å². The molecule has 0 aliphatic heterocycles. The third-order valence-electron chi connectivity index (χ3n) is 7.62. The highest BCUT2D eigenvalue weighted by Crippen LogP contribution is 2.35. The van der Waals surface area contributed by atoms with Crippen LogP contribution in [0.1, 0.15) is 0 Å². The molecule has 0 atom stereocenters. The average Bonchev–Trinajstić information content (AvgIpc) is 3.46. The van der Waals surface area contributed by atoms with E-state index in [0.29, 0.717) is 54.5 Å². The van der Waals surface area contributed by atoms with Gasteiger partial charge in [-0.15, -0.1) is 4.95 Å². The van der Waals surface area contributed by atoms with Crippen molar-refractivity contribution >= 4 is 43.1 Å². The van der Waals surface area contributed by atoms with Crippen LogP contribution in [0.4, 0.5) is 17.6 Å². The smallest absolute Gasteiger partial charge is 0.204 e. The molecule has 0 bridgehead atoms. The Labute approximate surface area is 234 Å². The van der Waals surface area contributed by atoms with Crippen LogP contribution in [0, 0.1) is 41.3 Å². The topological polar surface area (TPSA) is 52.9 Å². The number of rotatable bonds is 2. The van der Waals surface area contributed by atoms with Gasteiger partial charge in [-0.2, -0.15) is 16.8 Å². The van der Waals surface area contributed by atoms with Gasteiger partial charge in [-0.25, -0.2) is 17.6 Å². The summed E-state index contributed by atoms with van der Waals surface area (Å²) in [6.45, 7) is 7.45. The predicted molar refractivity (Wildman–Crippen MR) is 153 cm³/mol. The highest BCUT2D eigenvalue weighted by atomic mass is 19.2. The number of nitrogens with zero attached hydrogens (tertiary/aromatic N) is 4. The van der Waals surface area contributed by atoms with Crippen LogP contribution in [0.15, 0.2) is 95.0 Å². The quantitative estimate of drug-likeness (QED) is 0.0920. The van der Waals surface area contributed by atoms with Gasteiger partial charge in [0.05, 0.1) is 10.5 Å². The van der Waals surface area contributed by atoms with Crippen molar-refractivity contribution in [1.82, 2.24) is 0 Å². The van der Waals surface area contributed by atoms with Gasteiger partial charge in [0.2, 0.25) is 6.19 Å². The first-order valence-electron chi connectivity index (χ1n) is 12.7. The van der Waals surface area contributed by atoms with Gasteiger partial charge < -0.3 is 0 Å². The van der Waals surface area contributed by atoms with Crippen molar-refractivity contribution in [2.75, 3.05) is 0 Å². The third-order valence-corrected chi connectivity index (χ3v) is 7.62. The molecule has 7 aromatic rings. The minimum absolute atomic E-state index is 0.435. The van der Waals surface area contributed by atoms with Crippen molar-refractivity contribution in [3.8, 4) is 28.4 Å². The van der Waals surface area contributed by atoms with Crippen molar-refractivity contribution in [3.63, 3.8) is 0 Å². The lowest BCUT2D eigenvalue weighted by molar-refractivity contribution is 0.509. The van der Waals surface area contributed by atoms with E-state index in [1.807, 2.05) is 30.5 Å². The fraction of sp³-hybridized carbons (Fsp3) is 0. The molecule has 7 rings (SSSR count). The molecule has 0 aliphatic rings. The minimum atomic E-state index is -0.961. The van der Waals surface area contributed by atoms with E-state index in [0.717, 1.165) is 45.8 Å². The number of fused-ring (bicyclic) bond motifs is 6. The maximum absolute atomic E-state index is 14.0. The molecular formula is C34H14F4N4. The molecule has 0 heterocycles. The third kappa shape index (κ3) is 3.74. The maximum atomic E-state index is 14.0. The highest BCUT2D eigenvalue weighted by Gasteiger charge is 2.18. The molecule has 0 spiro atoms. The van der Waals surface area contributed by atoms with Crippen LogP contribution < -0.4 is 10.7 Å². The van der Waals surface area contributed by atoms with E-state index < -0.39 is 23.3 Å². The Hall–Kier alpha value is -5.86. The molecule has 198 valence electrons. The summed E-state index contributed by atoms with van der Waals surface area (Å²) in [5, 5.41) is 20.4. The summed E-state index contributed by atoms with van der Waals surface area (Å²) < 4.78 is 55.0. The van der Waals surface area contributed by atoms with Crippen LogP contribution in [0.25, 0.3) is 70.3 Å². The summed E-state index contributed by atoms with van der Waals surface area (Å²) in [5.41, 5.74) is 2.21. The van der Waals surface area contributed by atoms with Gasteiger partial charge in [-0.1, -0.05) is 36.4 Å². The highest BCUT2D eigenvalue weighted by molar-refractivity contribution is 6.21. The fourth-order valence-electron chi connectivity index (χ4n) is 5.72. The van der Waals surface area contributed by atoms with Crippen molar-refractivity contribution < 1.29 is 17.6 Å². The van der Waals surface area contributed by atoms with Crippen molar-refractivity contribution in [2.24, 2.45) is 10.1 Å². The molecule has 8 heteroatoms. The zero-order valence-electron chi connectivity index (χ0n) is 21.4. The van der Waals surface area contributed by atoms with Crippen molar-refractivity contribution in [2.45, 2.75) is 0 Å². The Kier molecular flexibility index (Phi) is 5.60. The molecule has 7 aromatic carbocycles. The second kappa shape index (κ2) is 9.36. The van der Waals surface area contributed by atoms with Crippen molar-refractivity contribution in [3.05, 3.63) is 130 Å². The van der Waals surface area contributed by atoms with Gasteiger partial charge in [0.15, 0.2) is 28.6 Å². The SMILES string of the molecule is [C-]#[N+]N=c1c2cc(-c3ccc(F)c(F)c3)ccc2c2cc3c(=NC#N)c4cc(-c5ccc(F)c(F)c5)ccc4c3cc12. The molecule has 0 amide bonds. The Balaban J connectivity index is 1.53. The summed E-state index contributed by atoms with van der Waals surface area (Å²) in [7, 11) is 0. The first kappa shape index (κ1) is 25.1. The van der Waals surface area contributed by atoms with Crippen LogP contribution >= 0.6 is 0 Å². The normalized spacial score (nSPS) is 12.5. The number of hydrogen-bond acceptors (Lipinski definition) is 3. The minimum Gasteiger partial charge on any atom is -0.204 e. The lowest BCUT2D eigenvalue weighted by Gasteiger charge is -2.03. The van der Waals surface area contributed by atoms with Crippen LogP contribution in [0.3, 0.4) is 0 Å². The Morgan fingerprint density at radius 2 is 0.929 bits per heavy atom. The molecule has 0 unspecified atom stereocenters. The van der Waals surface area contributed by atoms with Crippen LogP contribution in [-0.2, 0) is 0 Å². The first-order valence-corrected chi connectivity index (χ1v) is 12.7. The monoisotopic (exact) mass is 554 g/mol. The van der Waals surface area contributed by atoms with Gasteiger partial charge >= 0.3 is 0 Å². The second-order valence-corrected chi connectivity index (χ2v) is 9.83. The average molecular weight is 555 g/mol. The molecular weight excluding hydrogens is 540 g/mol. The van der Waals surface area contributed by atoms with E-state index >= 15 is 0 Å². The van der Waals surface area contributed by atoms with Crippen LogP contribution in [-0.4, -0.2) is 0 Å². The Morgan fingerprint density at radius 3 is 1.40 bits per heavy atom. The molecule has 0 fully saturated rings. The summed E-state index contributed by atoms with van der Waals surface area (Å²) in [6.07, 6.45) is 1.87. The zero-order chi connectivity index (χ0) is 29.1. The van der Waals surface area contributed by atoms with E-state index in [1.165, 1.54) is 12.1 Å². The summed E-state index contributed by atoms with van der Waals surface area (Å²) in [6, 6.07) is 22.0. The molecule has 0 radical (unpaired) electrons. The van der Waals surface area contributed by atoms with Crippen LogP contribution in [0.2, 0.25) is 0 Å². The molecule has 0 N–H and O–H groups in total. The molecule has 4 nitrogen and oxygen atoms in total. The maximum Gasteiger partial charge on any atom is 0.206 e. The van der Waals surface area contributed by atoms with Gasteiger partial charge in [-0.05, 0) is 92.3 Å². The summed E-state index contributed by atoms with van der Waals surface area (Å²) in [4.78, 5) is 7.41. The lowest BCUT2D eigenvalue weighted by Crippen LogP contribution is -1.99. The lowest BCUT2D eigenvalue weighted by atomic mass is 10.0. The predicted octanol–water partition coefficient (Wildman–Crippen LogP) is 8.18. The standard InChI is InChI=1S/C34H14F4N4/c1-40-42-34-26-11-18(20-5-9-30(36)32(38)13-20)3-7-22(26)24-14-27-23(15-28(24)34)21-6-2-17(10-25(21)33(27)41-16-39)19-4-8-29(35)31(37)12-19/h2-15H. The molecule has 0 aliphatic carbocycles. The Bertz CT molecular complexity index is 2320. The van der Waals surface area contributed by atoms with Crippen molar-refractivity contribution in [1.29, 1.82) is 5.26 Å². The molecule has 0 saturated heterocycles. The summed E-state index contributed by atoms with van der Waals surface area (Å²) in [5.74, 6) is -3.80. The number of hydrogen-bond donors (Lipinski definition) is 0. The van der Waals surface area contributed by atoms with E-state index in [2.05, 4.69) is 15.0 Å². The molecule has 42 heavy (non-hydrogen) atoms. The number of nitriles is 1. The van der Waals surface area contributed by atoms with Gasteiger partial charge in [-0.3, -0.25) is 0 Å². The van der Waals surface area contributed by atoms with E-state index in [1.54, 1.807) is 24.3 Å². The summed E-state index contributed by atoms with van der Waals surface area (Å²) >= 11 is 0. The molecule has 0 aromatic heterocycles. The van der Waals surface area contributed by atoms with E-state index in [9.17, 15) is 22.8 Å². The second-order valence-electron chi connectivity index (χ2n) is 9.83. The van der Waals surface area contributed by atoms with E-state index in [4.69, 9.17) is 6.57 Å². The zero-order valence-corrected chi connectivity index (χ0v) is 21.4. The number of benzene rings is 5. The van der Waals surface area contributed by atoms with Crippen LogP contribution in [0.5, 0.6) is 0 Å². The van der Waals surface area contributed by atoms with Gasteiger partial charge in [0, 0.05) is 21.5 Å². The Morgan fingerprint density at radius 1 is 0.500 bits per heavy atom.